The van der Waals surface area contributed by atoms with E-state index in [1.807, 2.05) is 18.2 Å². The first-order valence-corrected chi connectivity index (χ1v) is 6.65. The van der Waals surface area contributed by atoms with Crippen LogP contribution in [-0.2, 0) is 4.74 Å². The van der Waals surface area contributed by atoms with Gasteiger partial charge in [0.2, 0.25) is 0 Å². The van der Waals surface area contributed by atoms with Gasteiger partial charge in [-0.05, 0) is 24.6 Å². The van der Waals surface area contributed by atoms with E-state index in [9.17, 15) is 0 Å². The highest BCUT2D eigenvalue weighted by Crippen LogP contribution is 2.23. The fourth-order valence-electron chi connectivity index (χ4n) is 1.28. The van der Waals surface area contributed by atoms with Crippen LogP contribution in [0.25, 0.3) is 0 Å². The largest absolute Gasteiger partial charge is 0.490 e. The molecule has 0 saturated heterocycles. The summed E-state index contributed by atoms with van der Waals surface area (Å²) in [4.78, 5) is 0.329. The predicted molar refractivity (Wildman–Crippen MR) is 76.6 cm³/mol. The van der Waals surface area contributed by atoms with Crippen molar-refractivity contribution in [2.24, 2.45) is 5.73 Å². The van der Waals surface area contributed by atoms with Gasteiger partial charge in [0.25, 0.3) is 0 Å². The van der Waals surface area contributed by atoms with E-state index in [0.29, 0.717) is 24.0 Å². The molecule has 0 spiro atoms. The third-order valence-corrected chi connectivity index (χ3v) is 2.75. The summed E-state index contributed by atoms with van der Waals surface area (Å²) in [5.41, 5.74) is 6.38. The van der Waals surface area contributed by atoms with E-state index in [-0.39, 0.29) is 0 Å². The SMILES string of the molecule is CCCOCCOc1ccc(Br)cc1C(N)=S. The van der Waals surface area contributed by atoms with Crippen molar-refractivity contribution in [2.75, 3.05) is 19.8 Å². The minimum Gasteiger partial charge on any atom is -0.490 e. The van der Waals surface area contributed by atoms with E-state index < -0.39 is 0 Å². The van der Waals surface area contributed by atoms with E-state index in [0.717, 1.165) is 23.1 Å². The van der Waals surface area contributed by atoms with Gasteiger partial charge in [0.1, 0.15) is 17.3 Å². The van der Waals surface area contributed by atoms with Crippen LogP contribution in [-0.4, -0.2) is 24.8 Å². The Labute approximate surface area is 115 Å². The normalized spacial score (nSPS) is 10.2. The molecule has 5 heteroatoms. The zero-order chi connectivity index (χ0) is 12.7. The number of hydrogen-bond acceptors (Lipinski definition) is 3. The van der Waals surface area contributed by atoms with Gasteiger partial charge >= 0.3 is 0 Å². The highest BCUT2D eigenvalue weighted by molar-refractivity contribution is 9.10. The summed E-state index contributed by atoms with van der Waals surface area (Å²) in [6, 6.07) is 5.59. The molecule has 0 saturated carbocycles. The second kappa shape index (κ2) is 7.63. The van der Waals surface area contributed by atoms with Crippen LogP contribution in [0.4, 0.5) is 0 Å². The van der Waals surface area contributed by atoms with E-state index in [2.05, 4.69) is 22.9 Å². The molecule has 0 atom stereocenters. The molecule has 0 aromatic heterocycles. The van der Waals surface area contributed by atoms with Crippen LogP contribution in [0.5, 0.6) is 5.75 Å². The Morgan fingerprint density at radius 2 is 2.12 bits per heavy atom. The minimum absolute atomic E-state index is 0.329. The van der Waals surface area contributed by atoms with Crippen LogP contribution in [0.15, 0.2) is 22.7 Å². The van der Waals surface area contributed by atoms with Gasteiger partial charge in [0.15, 0.2) is 0 Å². The van der Waals surface area contributed by atoms with Crippen molar-refractivity contribution in [3.8, 4) is 5.75 Å². The van der Waals surface area contributed by atoms with E-state index in [1.165, 1.54) is 0 Å². The standard InChI is InChI=1S/C12H16BrNO2S/c1-2-5-15-6-7-16-11-4-3-9(13)8-10(11)12(14)17/h3-4,8H,2,5-7H2,1H3,(H2,14,17). The maximum atomic E-state index is 5.63. The summed E-state index contributed by atoms with van der Waals surface area (Å²) < 4.78 is 11.8. The molecule has 1 aromatic carbocycles. The molecule has 2 N–H and O–H groups in total. The van der Waals surface area contributed by atoms with Crippen molar-refractivity contribution >= 4 is 33.1 Å². The number of halogens is 1. The van der Waals surface area contributed by atoms with Crippen LogP contribution in [0.2, 0.25) is 0 Å². The van der Waals surface area contributed by atoms with Crippen molar-refractivity contribution in [3.05, 3.63) is 28.2 Å². The fraction of sp³-hybridized carbons (Fsp3) is 0.417. The van der Waals surface area contributed by atoms with Gasteiger partial charge in [-0.1, -0.05) is 35.1 Å². The lowest BCUT2D eigenvalue weighted by Gasteiger charge is -2.11. The van der Waals surface area contributed by atoms with Crippen LogP contribution >= 0.6 is 28.1 Å². The smallest absolute Gasteiger partial charge is 0.129 e. The number of rotatable bonds is 7. The van der Waals surface area contributed by atoms with Crippen molar-refractivity contribution in [1.82, 2.24) is 0 Å². The average Bonchev–Trinajstić information content (AvgIpc) is 2.30. The molecule has 3 nitrogen and oxygen atoms in total. The highest BCUT2D eigenvalue weighted by Gasteiger charge is 2.07. The molecule has 0 heterocycles. The molecule has 0 fully saturated rings. The van der Waals surface area contributed by atoms with Gasteiger partial charge in [-0.15, -0.1) is 0 Å². The van der Waals surface area contributed by atoms with Crippen molar-refractivity contribution in [1.29, 1.82) is 0 Å². The molecule has 0 unspecified atom stereocenters. The second-order valence-corrected chi connectivity index (χ2v) is 4.82. The number of nitrogens with two attached hydrogens (primary N) is 1. The number of ether oxygens (including phenoxy) is 2. The minimum atomic E-state index is 0.329. The van der Waals surface area contributed by atoms with Gasteiger partial charge in [-0.25, -0.2) is 0 Å². The van der Waals surface area contributed by atoms with Crippen LogP contribution < -0.4 is 10.5 Å². The number of thiocarbonyl (C=S) groups is 1. The first-order chi connectivity index (χ1) is 8.15. The molecular formula is C12H16BrNO2S. The lowest BCUT2D eigenvalue weighted by molar-refractivity contribution is 0.101. The Morgan fingerprint density at radius 1 is 1.35 bits per heavy atom. The van der Waals surface area contributed by atoms with E-state index in [4.69, 9.17) is 27.4 Å². The summed E-state index contributed by atoms with van der Waals surface area (Å²) in [6.45, 7) is 3.89. The van der Waals surface area contributed by atoms with Gasteiger partial charge in [0, 0.05) is 11.1 Å². The average molecular weight is 318 g/mol. The Hall–Kier alpha value is -0.650. The lowest BCUT2D eigenvalue weighted by Crippen LogP contribution is -2.14. The molecule has 0 aliphatic heterocycles. The van der Waals surface area contributed by atoms with E-state index >= 15 is 0 Å². The van der Waals surface area contributed by atoms with Crippen molar-refractivity contribution in [3.63, 3.8) is 0 Å². The molecule has 1 rings (SSSR count). The van der Waals surface area contributed by atoms with Gasteiger partial charge in [-0.3, -0.25) is 0 Å². The molecule has 0 aliphatic carbocycles. The topological polar surface area (TPSA) is 44.5 Å². The molecule has 94 valence electrons. The molecule has 0 radical (unpaired) electrons. The monoisotopic (exact) mass is 317 g/mol. The van der Waals surface area contributed by atoms with Crippen LogP contribution in [0.3, 0.4) is 0 Å². The van der Waals surface area contributed by atoms with Crippen LogP contribution in [0.1, 0.15) is 18.9 Å². The quantitative estimate of drug-likeness (QED) is 0.620. The second-order valence-electron chi connectivity index (χ2n) is 3.47. The Balaban J connectivity index is 2.55. The number of hydrogen-bond donors (Lipinski definition) is 1. The van der Waals surface area contributed by atoms with Crippen LogP contribution in [0, 0.1) is 0 Å². The molecule has 0 amide bonds. The van der Waals surface area contributed by atoms with Gasteiger partial charge in [0.05, 0.1) is 12.2 Å². The predicted octanol–water partition coefficient (Wildman–Crippen LogP) is 2.89. The van der Waals surface area contributed by atoms with Gasteiger partial charge < -0.3 is 15.2 Å². The summed E-state index contributed by atoms with van der Waals surface area (Å²) in [5.74, 6) is 0.695. The van der Waals surface area contributed by atoms with E-state index in [1.54, 1.807) is 0 Å². The summed E-state index contributed by atoms with van der Waals surface area (Å²) in [5, 5.41) is 0. The Morgan fingerprint density at radius 3 is 2.76 bits per heavy atom. The van der Waals surface area contributed by atoms with Gasteiger partial charge in [-0.2, -0.15) is 0 Å². The Bertz CT molecular complexity index is 385. The summed E-state index contributed by atoms with van der Waals surface area (Å²) in [7, 11) is 0. The number of benzene rings is 1. The maximum absolute atomic E-state index is 5.63. The summed E-state index contributed by atoms with van der Waals surface area (Å²) >= 11 is 8.35. The molecular weight excluding hydrogens is 302 g/mol. The summed E-state index contributed by atoms with van der Waals surface area (Å²) in [6.07, 6.45) is 1.01. The third-order valence-electron chi connectivity index (χ3n) is 2.04. The molecule has 0 bridgehead atoms. The van der Waals surface area contributed by atoms with Crippen molar-refractivity contribution in [2.45, 2.75) is 13.3 Å². The molecule has 1 aromatic rings. The molecule has 0 aliphatic rings. The Kier molecular flexibility index (Phi) is 6.47. The fourth-order valence-corrected chi connectivity index (χ4v) is 1.80. The lowest BCUT2D eigenvalue weighted by atomic mass is 10.2. The zero-order valence-electron chi connectivity index (χ0n) is 9.74. The van der Waals surface area contributed by atoms with Crippen molar-refractivity contribution < 1.29 is 9.47 Å². The highest BCUT2D eigenvalue weighted by atomic mass is 79.9. The maximum Gasteiger partial charge on any atom is 0.129 e. The zero-order valence-corrected chi connectivity index (χ0v) is 12.1. The first kappa shape index (κ1) is 14.4. The third kappa shape index (κ3) is 5.02. The molecule has 17 heavy (non-hydrogen) atoms. The first-order valence-electron chi connectivity index (χ1n) is 5.45.